The van der Waals surface area contributed by atoms with Gasteiger partial charge in [-0.25, -0.2) is 8.42 Å². The topological polar surface area (TPSA) is 55.4 Å². The van der Waals surface area contributed by atoms with Gasteiger partial charge in [0.15, 0.2) is 0 Å². The number of rotatable bonds is 7. The third kappa shape index (κ3) is 5.84. The lowest BCUT2D eigenvalue weighted by Gasteiger charge is -2.28. The molecule has 5 heteroatoms. The first kappa shape index (κ1) is 14.9. The standard InChI is InChI=1S/C12H25NO3S/c1-3-16-9-5-8-13-11-6-4-7-12(10-11)17(2,14)15/h11-13H,3-10H2,1-2H3. The SMILES string of the molecule is CCOCCCNC1CCCC(S(C)(=O)=O)C1. The smallest absolute Gasteiger partial charge is 0.150 e. The molecular weight excluding hydrogens is 238 g/mol. The van der Waals surface area contributed by atoms with Crippen molar-refractivity contribution in [2.45, 2.75) is 50.3 Å². The van der Waals surface area contributed by atoms with Crippen molar-refractivity contribution >= 4 is 9.84 Å². The van der Waals surface area contributed by atoms with E-state index in [4.69, 9.17) is 4.74 Å². The molecule has 1 rings (SSSR count). The fraction of sp³-hybridized carbons (Fsp3) is 1.00. The predicted octanol–water partition coefficient (Wildman–Crippen LogP) is 1.36. The summed E-state index contributed by atoms with van der Waals surface area (Å²) in [5.41, 5.74) is 0. The number of sulfone groups is 1. The predicted molar refractivity (Wildman–Crippen MR) is 70.0 cm³/mol. The van der Waals surface area contributed by atoms with Crippen molar-refractivity contribution in [3.05, 3.63) is 0 Å². The van der Waals surface area contributed by atoms with Crippen LogP contribution in [0.5, 0.6) is 0 Å². The Morgan fingerprint density at radius 2 is 2.12 bits per heavy atom. The molecule has 2 unspecified atom stereocenters. The minimum Gasteiger partial charge on any atom is -0.382 e. The Morgan fingerprint density at radius 1 is 1.35 bits per heavy atom. The van der Waals surface area contributed by atoms with E-state index in [1.165, 1.54) is 6.26 Å². The second-order valence-electron chi connectivity index (χ2n) is 4.82. The van der Waals surface area contributed by atoms with Crippen LogP contribution in [0.2, 0.25) is 0 Å². The maximum Gasteiger partial charge on any atom is 0.150 e. The van der Waals surface area contributed by atoms with Crippen LogP contribution < -0.4 is 5.32 Å². The van der Waals surface area contributed by atoms with E-state index in [0.717, 1.165) is 51.9 Å². The van der Waals surface area contributed by atoms with Crippen molar-refractivity contribution in [1.82, 2.24) is 5.32 Å². The van der Waals surface area contributed by atoms with Gasteiger partial charge in [-0.2, -0.15) is 0 Å². The first-order valence-electron chi connectivity index (χ1n) is 6.54. The zero-order valence-corrected chi connectivity index (χ0v) is 11.8. The average molecular weight is 263 g/mol. The first-order valence-corrected chi connectivity index (χ1v) is 8.49. The molecule has 0 aromatic carbocycles. The van der Waals surface area contributed by atoms with E-state index >= 15 is 0 Å². The number of ether oxygens (including phenoxy) is 1. The Balaban J connectivity index is 2.21. The third-order valence-electron chi connectivity index (χ3n) is 3.33. The van der Waals surface area contributed by atoms with Crippen molar-refractivity contribution in [1.29, 1.82) is 0 Å². The molecule has 17 heavy (non-hydrogen) atoms. The van der Waals surface area contributed by atoms with E-state index < -0.39 is 9.84 Å². The monoisotopic (exact) mass is 263 g/mol. The van der Waals surface area contributed by atoms with Crippen LogP contribution in [-0.4, -0.2) is 45.7 Å². The lowest BCUT2D eigenvalue weighted by molar-refractivity contribution is 0.143. The fourth-order valence-electron chi connectivity index (χ4n) is 2.34. The summed E-state index contributed by atoms with van der Waals surface area (Å²) in [5, 5.41) is 3.30. The zero-order valence-electron chi connectivity index (χ0n) is 10.9. The molecule has 0 aromatic heterocycles. The van der Waals surface area contributed by atoms with Gasteiger partial charge in [0.1, 0.15) is 9.84 Å². The largest absolute Gasteiger partial charge is 0.382 e. The molecule has 0 amide bonds. The summed E-state index contributed by atoms with van der Waals surface area (Å²) in [4.78, 5) is 0. The van der Waals surface area contributed by atoms with Crippen molar-refractivity contribution < 1.29 is 13.2 Å². The minimum absolute atomic E-state index is 0.138. The van der Waals surface area contributed by atoms with Gasteiger partial charge in [0.25, 0.3) is 0 Å². The summed E-state index contributed by atoms with van der Waals surface area (Å²) in [6.07, 6.45) is 6.06. The summed E-state index contributed by atoms with van der Waals surface area (Å²) < 4.78 is 28.3. The Kier molecular flexibility index (Phi) is 6.44. The molecule has 0 aromatic rings. The summed E-state index contributed by atoms with van der Waals surface area (Å²) in [6.45, 7) is 4.46. The van der Waals surface area contributed by atoms with E-state index in [2.05, 4.69) is 5.32 Å². The normalized spacial score (nSPS) is 26.0. The summed E-state index contributed by atoms with van der Waals surface area (Å²) in [5.74, 6) is 0. The van der Waals surface area contributed by atoms with Gasteiger partial charge in [-0.15, -0.1) is 0 Å². The fourth-order valence-corrected chi connectivity index (χ4v) is 3.52. The Bertz CT molecular complexity index is 303. The Labute approximate surface area is 105 Å². The molecule has 2 atom stereocenters. The van der Waals surface area contributed by atoms with Gasteiger partial charge >= 0.3 is 0 Å². The highest BCUT2D eigenvalue weighted by atomic mass is 32.2. The van der Waals surface area contributed by atoms with Gasteiger partial charge in [-0.05, 0) is 39.2 Å². The second-order valence-corrected chi connectivity index (χ2v) is 7.15. The first-order chi connectivity index (χ1) is 8.04. The van der Waals surface area contributed by atoms with Gasteiger partial charge in [-0.1, -0.05) is 6.42 Å². The van der Waals surface area contributed by atoms with Crippen molar-refractivity contribution in [2.75, 3.05) is 26.0 Å². The molecule has 0 heterocycles. The molecule has 4 nitrogen and oxygen atoms in total. The molecule has 1 saturated carbocycles. The number of hydrogen-bond donors (Lipinski definition) is 1. The van der Waals surface area contributed by atoms with Gasteiger partial charge < -0.3 is 10.1 Å². The van der Waals surface area contributed by atoms with E-state index in [9.17, 15) is 8.42 Å². The minimum atomic E-state index is -2.86. The second kappa shape index (κ2) is 7.34. The van der Waals surface area contributed by atoms with Crippen LogP contribution in [0, 0.1) is 0 Å². The number of nitrogens with one attached hydrogen (secondary N) is 1. The van der Waals surface area contributed by atoms with Crippen LogP contribution in [0.15, 0.2) is 0 Å². The molecule has 0 saturated heterocycles. The van der Waals surface area contributed by atoms with Crippen molar-refractivity contribution in [3.63, 3.8) is 0 Å². The van der Waals surface area contributed by atoms with Gasteiger partial charge in [0.2, 0.25) is 0 Å². The molecular formula is C12H25NO3S. The molecule has 0 spiro atoms. The summed E-state index contributed by atoms with van der Waals surface area (Å²) >= 11 is 0. The molecule has 1 N–H and O–H groups in total. The number of hydrogen-bond acceptors (Lipinski definition) is 4. The van der Waals surface area contributed by atoms with Crippen LogP contribution in [0.1, 0.15) is 39.0 Å². The maximum atomic E-state index is 11.5. The van der Waals surface area contributed by atoms with Gasteiger partial charge in [0.05, 0.1) is 5.25 Å². The molecule has 0 radical (unpaired) electrons. The van der Waals surface area contributed by atoms with Gasteiger partial charge in [0, 0.05) is 25.5 Å². The molecule has 0 bridgehead atoms. The van der Waals surface area contributed by atoms with Crippen LogP contribution in [0.4, 0.5) is 0 Å². The highest BCUT2D eigenvalue weighted by Gasteiger charge is 2.28. The zero-order chi connectivity index (χ0) is 12.7. The van der Waals surface area contributed by atoms with Crippen LogP contribution in [0.25, 0.3) is 0 Å². The van der Waals surface area contributed by atoms with Gasteiger partial charge in [-0.3, -0.25) is 0 Å². The molecule has 102 valence electrons. The lowest BCUT2D eigenvalue weighted by atomic mass is 9.95. The highest BCUT2D eigenvalue weighted by molar-refractivity contribution is 7.91. The third-order valence-corrected chi connectivity index (χ3v) is 4.97. The maximum absolute atomic E-state index is 11.5. The quantitative estimate of drug-likeness (QED) is 0.705. The van der Waals surface area contributed by atoms with E-state index in [0.29, 0.717) is 6.04 Å². The molecule has 1 fully saturated rings. The van der Waals surface area contributed by atoms with E-state index in [1.807, 2.05) is 6.92 Å². The van der Waals surface area contributed by atoms with E-state index in [-0.39, 0.29) is 5.25 Å². The van der Waals surface area contributed by atoms with E-state index in [1.54, 1.807) is 0 Å². The molecule has 1 aliphatic rings. The Morgan fingerprint density at radius 3 is 2.76 bits per heavy atom. The molecule has 0 aliphatic heterocycles. The summed E-state index contributed by atoms with van der Waals surface area (Å²) in [6, 6.07) is 0.366. The summed E-state index contributed by atoms with van der Waals surface area (Å²) in [7, 11) is -2.86. The molecule has 1 aliphatic carbocycles. The van der Waals surface area contributed by atoms with Crippen LogP contribution in [-0.2, 0) is 14.6 Å². The van der Waals surface area contributed by atoms with Crippen LogP contribution in [0.3, 0.4) is 0 Å². The Hall–Kier alpha value is -0.130. The highest BCUT2D eigenvalue weighted by Crippen LogP contribution is 2.23. The average Bonchev–Trinajstić information content (AvgIpc) is 2.28. The van der Waals surface area contributed by atoms with Crippen LogP contribution >= 0.6 is 0 Å². The lowest BCUT2D eigenvalue weighted by Crippen LogP contribution is -2.39. The van der Waals surface area contributed by atoms with Crippen molar-refractivity contribution in [2.24, 2.45) is 0 Å². The van der Waals surface area contributed by atoms with Crippen molar-refractivity contribution in [3.8, 4) is 0 Å².